The van der Waals surface area contributed by atoms with Gasteiger partial charge in [0.15, 0.2) is 0 Å². The standard InChI is InChI=1S/C14H23N3O.ClH/c1-9-5-14(18-4)16-11(3)12(9)7-17-6-10(2)13(15)8-17;/h5,10,13H,6-8,15H2,1-4H3;1H. The molecule has 19 heavy (non-hydrogen) atoms. The third-order valence-corrected chi connectivity index (χ3v) is 3.87. The average Bonchev–Trinajstić information content (AvgIpc) is 2.63. The van der Waals surface area contributed by atoms with Gasteiger partial charge in [0.1, 0.15) is 0 Å². The fourth-order valence-electron chi connectivity index (χ4n) is 2.61. The summed E-state index contributed by atoms with van der Waals surface area (Å²) in [6, 6.07) is 2.30. The Morgan fingerprint density at radius 1 is 1.42 bits per heavy atom. The van der Waals surface area contributed by atoms with Crippen LogP contribution in [-0.4, -0.2) is 36.1 Å². The van der Waals surface area contributed by atoms with Crippen LogP contribution in [-0.2, 0) is 6.54 Å². The number of nitrogens with two attached hydrogens (primary N) is 1. The highest BCUT2D eigenvalue weighted by Crippen LogP contribution is 2.22. The molecule has 0 aromatic carbocycles. The summed E-state index contributed by atoms with van der Waals surface area (Å²) in [6.45, 7) is 9.37. The summed E-state index contributed by atoms with van der Waals surface area (Å²) in [4.78, 5) is 6.87. The largest absolute Gasteiger partial charge is 0.481 e. The Labute approximate surface area is 121 Å². The molecular weight excluding hydrogens is 262 g/mol. The highest BCUT2D eigenvalue weighted by atomic mass is 35.5. The fraction of sp³-hybridized carbons (Fsp3) is 0.643. The lowest BCUT2D eigenvalue weighted by molar-refractivity contribution is 0.316. The summed E-state index contributed by atoms with van der Waals surface area (Å²) in [5.74, 6) is 1.28. The molecule has 0 bridgehead atoms. The number of likely N-dealkylation sites (tertiary alicyclic amines) is 1. The minimum Gasteiger partial charge on any atom is -0.481 e. The van der Waals surface area contributed by atoms with Crippen molar-refractivity contribution in [3.8, 4) is 5.88 Å². The number of hydrogen-bond acceptors (Lipinski definition) is 4. The molecule has 2 heterocycles. The zero-order chi connectivity index (χ0) is 13.3. The number of aromatic nitrogens is 1. The first-order chi connectivity index (χ1) is 8.51. The van der Waals surface area contributed by atoms with Crippen LogP contribution in [0.5, 0.6) is 5.88 Å². The van der Waals surface area contributed by atoms with Gasteiger partial charge in [0.25, 0.3) is 0 Å². The number of aryl methyl sites for hydroxylation is 2. The van der Waals surface area contributed by atoms with Crippen LogP contribution in [0.1, 0.15) is 23.7 Å². The van der Waals surface area contributed by atoms with Crippen LogP contribution in [0, 0.1) is 19.8 Å². The second-order valence-corrected chi connectivity index (χ2v) is 5.38. The van der Waals surface area contributed by atoms with Gasteiger partial charge in [0.2, 0.25) is 5.88 Å². The van der Waals surface area contributed by atoms with Gasteiger partial charge in [-0.2, -0.15) is 0 Å². The molecule has 0 aliphatic carbocycles. The summed E-state index contributed by atoms with van der Waals surface area (Å²) in [6.07, 6.45) is 0. The van der Waals surface area contributed by atoms with Crippen LogP contribution in [0.4, 0.5) is 0 Å². The van der Waals surface area contributed by atoms with Crippen molar-refractivity contribution in [2.45, 2.75) is 33.4 Å². The van der Waals surface area contributed by atoms with E-state index in [1.807, 2.05) is 13.0 Å². The van der Waals surface area contributed by atoms with E-state index in [1.165, 1.54) is 11.1 Å². The third-order valence-electron chi connectivity index (χ3n) is 3.87. The van der Waals surface area contributed by atoms with E-state index in [2.05, 4.69) is 23.7 Å². The maximum atomic E-state index is 6.07. The Balaban J connectivity index is 0.00000180. The minimum absolute atomic E-state index is 0. The van der Waals surface area contributed by atoms with Crippen molar-refractivity contribution in [3.63, 3.8) is 0 Å². The van der Waals surface area contributed by atoms with Gasteiger partial charge < -0.3 is 10.5 Å². The van der Waals surface area contributed by atoms with E-state index in [9.17, 15) is 0 Å². The van der Waals surface area contributed by atoms with E-state index in [0.717, 1.165) is 25.3 Å². The van der Waals surface area contributed by atoms with E-state index >= 15 is 0 Å². The maximum absolute atomic E-state index is 6.07. The second-order valence-electron chi connectivity index (χ2n) is 5.38. The molecule has 0 saturated carbocycles. The van der Waals surface area contributed by atoms with Gasteiger partial charge in [-0.1, -0.05) is 6.92 Å². The molecule has 2 rings (SSSR count). The van der Waals surface area contributed by atoms with Crippen LogP contribution in [0.3, 0.4) is 0 Å². The topological polar surface area (TPSA) is 51.4 Å². The maximum Gasteiger partial charge on any atom is 0.213 e. The van der Waals surface area contributed by atoms with Gasteiger partial charge in [0, 0.05) is 37.4 Å². The van der Waals surface area contributed by atoms with Gasteiger partial charge in [-0.3, -0.25) is 4.90 Å². The van der Waals surface area contributed by atoms with Crippen LogP contribution in [0.2, 0.25) is 0 Å². The first-order valence-electron chi connectivity index (χ1n) is 6.50. The molecule has 1 aliphatic rings. The monoisotopic (exact) mass is 285 g/mol. The number of pyridine rings is 1. The number of halogens is 1. The Morgan fingerprint density at radius 2 is 2.11 bits per heavy atom. The predicted octanol–water partition coefficient (Wildman–Crippen LogP) is 1.91. The Bertz CT molecular complexity index is 406. The SMILES string of the molecule is COc1cc(C)c(CN2CC(C)C(N)C2)c(C)n1.Cl. The van der Waals surface area contributed by atoms with Crippen molar-refractivity contribution >= 4 is 12.4 Å². The lowest BCUT2D eigenvalue weighted by atomic mass is 10.1. The van der Waals surface area contributed by atoms with Crippen LogP contribution < -0.4 is 10.5 Å². The van der Waals surface area contributed by atoms with Crippen molar-refractivity contribution in [1.29, 1.82) is 0 Å². The molecule has 0 amide bonds. The van der Waals surface area contributed by atoms with Crippen molar-refractivity contribution in [2.24, 2.45) is 11.7 Å². The Morgan fingerprint density at radius 3 is 2.58 bits per heavy atom. The van der Waals surface area contributed by atoms with E-state index in [-0.39, 0.29) is 12.4 Å². The molecule has 1 aromatic heterocycles. The summed E-state index contributed by atoms with van der Waals surface area (Å²) in [5, 5.41) is 0. The zero-order valence-corrected chi connectivity index (χ0v) is 13.0. The third kappa shape index (κ3) is 3.59. The zero-order valence-electron chi connectivity index (χ0n) is 12.1. The second kappa shape index (κ2) is 6.55. The van der Waals surface area contributed by atoms with Crippen molar-refractivity contribution in [3.05, 3.63) is 22.9 Å². The number of nitrogens with zero attached hydrogens (tertiary/aromatic N) is 2. The molecule has 2 N–H and O–H groups in total. The molecular formula is C14H24ClN3O. The first kappa shape index (κ1) is 16.2. The van der Waals surface area contributed by atoms with Gasteiger partial charge in [0.05, 0.1) is 7.11 Å². The van der Waals surface area contributed by atoms with Gasteiger partial charge in [-0.15, -0.1) is 12.4 Å². The van der Waals surface area contributed by atoms with Crippen LogP contribution >= 0.6 is 12.4 Å². The first-order valence-corrected chi connectivity index (χ1v) is 6.50. The van der Waals surface area contributed by atoms with Crippen LogP contribution in [0.15, 0.2) is 6.07 Å². The minimum atomic E-state index is 0. The van der Waals surface area contributed by atoms with Gasteiger partial charge in [-0.05, 0) is 30.9 Å². The summed E-state index contributed by atoms with van der Waals surface area (Å²) in [7, 11) is 1.65. The molecule has 2 unspecified atom stereocenters. The van der Waals surface area contributed by atoms with Gasteiger partial charge in [-0.25, -0.2) is 4.98 Å². The predicted molar refractivity (Wildman–Crippen MR) is 79.9 cm³/mol. The lowest BCUT2D eigenvalue weighted by Gasteiger charge is -2.18. The van der Waals surface area contributed by atoms with E-state index < -0.39 is 0 Å². The smallest absolute Gasteiger partial charge is 0.213 e. The number of rotatable bonds is 3. The highest BCUT2D eigenvalue weighted by molar-refractivity contribution is 5.85. The lowest BCUT2D eigenvalue weighted by Crippen LogP contribution is -2.28. The number of methoxy groups -OCH3 is 1. The normalized spacial score (nSPS) is 23.2. The molecule has 108 valence electrons. The summed E-state index contributed by atoms with van der Waals surface area (Å²) < 4.78 is 5.19. The number of ether oxygens (including phenoxy) is 1. The van der Waals surface area contributed by atoms with Crippen LogP contribution in [0.25, 0.3) is 0 Å². The molecule has 0 spiro atoms. The molecule has 1 aliphatic heterocycles. The summed E-state index contributed by atoms with van der Waals surface area (Å²) in [5.41, 5.74) is 9.67. The van der Waals surface area contributed by atoms with E-state index in [4.69, 9.17) is 10.5 Å². The molecule has 1 aromatic rings. The number of hydrogen-bond donors (Lipinski definition) is 1. The molecule has 5 heteroatoms. The van der Waals surface area contributed by atoms with E-state index in [0.29, 0.717) is 17.8 Å². The quantitative estimate of drug-likeness (QED) is 0.922. The molecule has 2 atom stereocenters. The van der Waals surface area contributed by atoms with E-state index in [1.54, 1.807) is 7.11 Å². The Hall–Kier alpha value is -0.840. The van der Waals surface area contributed by atoms with Crippen molar-refractivity contribution in [1.82, 2.24) is 9.88 Å². The van der Waals surface area contributed by atoms with Crippen molar-refractivity contribution < 1.29 is 4.74 Å². The molecule has 1 saturated heterocycles. The summed E-state index contributed by atoms with van der Waals surface area (Å²) >= 11 is 0. The van der Waals surface area contributed by atoms with Gasteiger partial charge >= 0.3 is 0 Å². The highest BCUT2D eigenvalue weighted by Gasteiger charge is 2.27. The Kier molecular flexibility index (Phi) is 5.59. The van der Waals surface area contributed by atoms with Crippen molar-refractivity contribution in [2.75, 3.05) is 20.2 Å². The average molecular weight is 286 g/mol. The molecule has 0 radical (unpaired) electrons. The molecule has 4 nitrogen and oxygen atoms in total. The molecule has 1 fully saturated rings. The fourth-order valence-corrected chi connectivity index (χ4v) is 2.61.